The van der Waals surface area contributed by atoms with E-state index in [1.807, 2.05) is 0 Å². The normalized spacial score (nSPS) is 21.5. The topological polar surface area (TPSA) is 9.23 Å². The first kappa shape index (κ1) is 40.0. The first-order chi connectivity index (χ1) is 18.9. The van der Waals surface area contributed by atoms with Crippen molar-refractivity contribution < 1.29 is 4.43 Å². The minimum absolute atomic E-state index is 0.599. The molecule has 0 amide bonds. The Bertz CT molecular complexity index is 1150. The summed E-state index contributed by atoms with van der Waals surface area (Å²) in [6, 6.07) is 4.97. The summed E-state index contributed by atoms with van der Waals surface area (Å²) >= 11 is 0. The average Bonchev–Trinajstić information content (AvgIpc) is 2.71. The van der Waals surface area contributed by atoms with Crippen LogP contribution in [0.1, 0.15) is 63.8 Å². The maximum absolute atomic E-state index is 8.30. The van der Waals surface area contributed by atoms with Crippen molar-refractivity contribution >= 4 is 70.9 Å². The second kappa shape index (κ2) is 12.1. The van der Waals surface area contributed by atoms with Gasteiger partial charge in [0.05, 0.1) is 19.6 Å². The van der Waals surface area contributed by atoms with E-state index in [1.165, 1.54) is 16.7 Å². The summed E-state index contributed by atoms with van der Waals surface area (Å²) in [4.78, 5) is 0. The highest BCUT2D eigenvalue weighted by Crippen LogP contribution is 2.54. The molecule has 43 heavy (non-hydrogen) atoms. The highest BCUT2D eigenvalue weighted by molar-refractivity contribution is 8.26. The van der Waals surface area contributed by atoms with Gasteiger partial charge in [0.25, 0.3) is 8.32 Å². The van der Waals surface area contributed by atoms with Crippen LogP contribution >= 0.6 is 0 Å². The van der Waals surface area contributed by atoms with Crippen LogP contribution in [0.25, 0.3) is 0 Å². The van der Waals surface area contributed by atoms with E-state index in [-0.39, 0.29) is 0 Å². The molecule has 1 nitrogen and oxygen atoms in total. The lowest BCUT2D eigenvalue weighted by Gasteiger charge is -2.76. The molecule has 0 N–H and O–H groups in total. The molecule has 0 aromatic heterocycles. The van der Waals surface area contributed by atoms with Crippen molar-refractivity contribution in [3.63, 3.8) is 0 Å². The molecule has 0 saturated carbocycles. The fourth-order valence-electron chi connectivity index (χ4n) is 12.9. The van der Waals surface area contributed by atoms with Gasteiger partial charge in [-0.1, -0.05) is 151 Å². The Kier molecular flexibility index (Phi) is 11.2. The average molecular weight is 740 g/mol. The van der Waals surface area contributed by atoms with Gasteiger partial charge in [-0.2, -0.15) is 0 Å². The van der Waals surface area contributed by atoms with E-state index >= 15 is 0 Å². The fourth-order valence-corrected chi connectivity index (χ4v) is 428. The van der Waals surface area contributed by atoms with Crippen molar-refractivity contribution in [2.75, 3.05) is 0 Å². The van der Waals surface area contributed by atoms with Gasteiger partial charge < -0.3 is 4.43 Å². The monoisotopic (exact) mass is 738 g/mol. The molecule has 0 aliphatic carbocycles. The maximum Gasteiger partial charge on any atom is 0.258 e. The largest absolute Gasteiger partial charge is 0.547 e. The third kappa shape index (κ3) is 5.51. The van der Waals surface area contributed by atoms with Crippen molar-refractivity contribution in [3.05, 3.63) is 34.4 Å². The molecule has 1 aromatic rings. The van der Waals surface area contributed by atoms with Crippen LogP contribution in [-0.4, -0.2) is 70.9 Å². The summed E-state index contributed by atoms with van der Waals surface area (Å²) in [5.41, 5.74) is 7.75. The van der Waals surface area contributed by atoms with Crippen LogP contribution in [0.4, 0.5) is 0 Å². The van der Waals surface area contributed by atoms with Gasteiger partial charge in [-0.25, -0.2) is 0 Å². The predicted molar refractivity (Wildman–Crippen MR) is 225 cm³/mol. The minimum Gasteiger partial charge on any atom is -0.547 e. The molecule has 1 fully saturated rings. The SMILES string of the molecule is Cc1cc(C)c(C(O[Si](C(C)C)(C(C)C)C(C)C)=[Si]2[Si](C)(C)[Si](C)(C)[Si]([Si](C)(C)C)([Si](C)(C)C)[Si](C)(C)[Si]2(C)C)c(C)c1. The van der Waals surface area contributed by atoms with Crippen LogP contribution in [-0.2, 0) is 4.43 Å². The Morgan fingerprint density at radius 2 is 0.907 bits per heavy atom. The smallest absolute Gasteiger partial charge is 0.258 e. The number of benzene rings is 1. The van der Waals surface area contributed by atoms with Crippen LogP contribution in [0.15, 0.2) is 12.1 Å². The van der Waals surface area contributed by atoms with Gasteiger partial charge >= 0.3 is 0 Å². The summed E-state index contributed by atoms with van der Waals surface area (Å²) in [7, 11) is -12.4. The van der Waals surface area contributed by atoms with Crippen LogP contribution in [0, 0.1) is 20.8 Å². The Morgan fingerprint density at radius 3 is 1.16 bits per heavy atom. The molecule has 10 heteroatoms. The van der Waals surface area contributed by atoms with Gasteiger partial charge in [0.1, 0.15) is 0 Å². The molecular weight excluding hydrogens is 665 g/mol. The highest BCUT2D eigenvalue weighted by Gasteiger charge is 2.81. The minimum atomic E-state index is -2.15. The quantitative estimate of drug-likeness (QED) is 0.241. The van der Waals surface area contributed by atoms with Crippen molar-refractivity contribution in [3.8, 4) is 0 Å². The highest BCUT2D eigenvalue weighted by atomic mass is 30.4. The zero-order chi connectivity index (χ0) is 34.3. The molecule has 0 bridgehead atoms. The zero-order valence-corrected chi connectivity index (χ0v) is 42.3. The fraction of sp³-hybridized carbons (Fsp3) is 0.788. The van der Waals surface area contributed by atoms with Crippen molar-refractivity contribution in [2.24, 2.45) is 0 Å². The van der Waals surface area contributed by atoms with Crippen molar-refractivity contribution in [1.82, 2.24) is 0 Å². The van der Waals surface area contributed by atoms with E-state index in [2.05, 4.69) is 166 Å². The zero-order valence-electron chi connectivity index (χ0n) is 33.3. The lowest BCUT2D eigenvalue weighted by molar-refractivity contribution is 0.482. The Morgan fingerprint density at radius 1 is 0.605 bits per heavy atom. The molecule has 0 radical (unpaired) electrons. The van der Waals surface area contributed by atoms with Crippen LogP contribution in [0.3, 0.4) is 0 Å². The van der Waals surface area contributed by atoms with Gasteiger partial charge in [0.2, 0.25) is 0 Å². The summed E-state index contributed by atoms with van der Waals surface area (Å²) < 4.78 is 8.30. The molecule has 2 rings (SSSR count). The van der Waals surface area contributed by atoms with Crippen LogP contribution in [0.5, 0.6) is 0 Å². The van der Waals surface area contributed by atoms with Gasteiger partial charge in [0.15, 0.2) is 0 Å². The molecule has 1 saturated heterocycles. The van der Waals surface area contributed by atoms with E-state index in [0.717, 1.165) is 0 Å². The summed E-state index contributed by atoms with van der Waals surface area (Å²) in [5.74, 6) is 0. The van der Waals surface area contributed by atoms with Gasteiger partial charge in [0, 0.05) is 48.6 Å². The molecule has 248 valence electrons. The molecule has 1 aliphatic heterocycles. The van der Waals surface area contributed by atoms with E-state index in [0.29, 0.717) is 16.6 Å². The van der Waals surface area contributed by atoms with Gasteiger partial charge in [-0.3, -0.25) is 0 Å². The molecular formula is C33H74OSi9. The number of hydrogen-bond acceptors (Lipinski definition) is 1. The first-order valence-corrected chi connectivity index (χ1v) is 50.0. The van der Waals surface area contributed by atoms with Crippen molar-refractivity contribution in [1.29, 1.82) is 0 Å². The molecule has 0 spiro atoms. The Hall–Kier alpha value is 0.842. The van der Waals surface area contributed by atoms with E-state index in [1.54, 1.807) is 10.9 Å². The van der Waals surface area contributed by atoms with E-state index < -0.39 is 65.5 Å². The maximum atomic E-state index is 8.30. The van der Waals surface area contributed by atoms with Gasteiger partial charge in [-0.15, -0.1) is 0 Å². The molecule has 1 aliphatic rings. The Labute approximate surface area is 278 Å². The number of aryl methyl sites for hydroxylation is 3. The third-order valence-corrected chi connectivity index (χ3v) is 232. The summed E-state index contributed by atoms with van der Waals surface area (Å²) in [6.07, 6.45) is -1.51. The summed E-state index contributed by atoms with van der Waals surface area (Å²) in [6.45, 7) is 63.6. The molecule has 1 heterocycles. The molecule has 1 aromatic carbocycles. The van der Waals surface area contributed by atoms with E-state index in [4.69, 9.17) is 4.43 Å². The Balaban J connectivity index is 3.45. The van der Waals surface area contributed by atoms with Crippen LogP contribution < -0.4 is 0 Å². The van der Waals surface area contributed by atoms with E-state index in [9.17, 15) is 0 Å². The standard InChI is InChI=1S/C33H74OSi9/c1-26(2)42(27(3)4,28(5)6)34-33(32-30(8)24-29(7)25-31(32)9)35-38(16,17)40(20,21)43(36(10,11)12,37(13,14)15)41(22,23)39(35,18)19/h24-28H,1-23H3. The first-order valence-electron chi connectivity index (χ1n) is 17.4. The second-order valence-electron chi connectivity index (χ2n) is 19.6. The third-order valence-electron chi connectivity index (χ3n) is 13.6. The van der Waals surface area contributed by atoms with Crippen molar-refractivity contribution in [2.45, 2.75) is 171 Å². The second-order valence-corrected chi connectivity index (χ2v) is 117. The lowest BCUT2D eigenvalue weighted by atomic mass is 10.0. The number of rotatable bonds is 8. The predicted octanol–water partition coefficient (Wildman–Crippen LogP) is 11.0. The molecule has 0 unspecified atom stereocenters. The van der Waals surface area contributed by atoms with Crippen LogP contribution in [0.2, 0.25) is 108 Å². The lowest BCUT2D eigenvalue weighted by Crippen LogP contribution is -3.07. The van der Waals surface area contributed by atoms with Gasteiger partial charge in [-0.05, 0) is 48.5 Å². The summed E-state index contributed by atoms with van der Waals surface area (Å²) in [5, 5.41) is 1.64. The molecule has 0 atom stereocenters. The number of hydrogen-bond donors (Lipinski definition) is 0.